The second-order valence-corrected chi connectivity index (χ2v) is 4.65. The molecule has 0 saturated heterocycles. The van der Waals surface area contributed by atoms with E-state index in [0.29, 0.717) is 27.3 Å². The third-order valence-corrected chi connectivity index (χ3v) is 3.59. The summed E-state index contributed by atoms with van der Waals surface area (Å²) in [5.74, 6) is 2.23. The number of nitrogens with one attached hydrogen (secondary N) is 1. The summed E-state index contributed by atoms with van der Waals surface area (Å²) >= 11 is 1.22. The molecule has 0 spiro atoms. The lowest BCUT2D eigenvalue weighted by Gasteiger charge is -2.09. The van der Waals surface area contributed by atoms with E-state index in [1.54, 1.807) is 12.4 Å². The van der Waals surface area contributed by atoms with Gasteiger partial charge in [-0.25, -0.2) is 9.97 Å². The number of hydrogen-bond acceptors (Lipinski definition) is 5. The van der Waals surface area contributed by atoms with Gasteiger partial charge in [-0.3, -0.25) is 4.79 Å². The van der Waals surface area contributed by atoms with E-state index >= 15 is 0 Å². The fraction of sp³-hybridized carbons (Fsp3) is 0.250. The molecular weight excluding hydrogens is 248 g/mol. The normalized spacial score (nSPS) is 12.0. The highest BCUT2D eigenvalue weighted by atomic mass is 32.1. The zero-order valence-corrected chi connectivity index (χ0v) is 10.6. The van der Waals surface area contributed by atoms with Crippen LogP contribution in [-0.2, 0) is 0 Å². The van der Waals surface area contributed by atoms with Crippen LogP contribution in [-0.4, -0.2) is 21.9 Å². The van der Waals surface area contributed by atoms with Crippen molar-refractivity contribution in [2.24, 2.45) is 0 Å². The lowest BCUT2D eigenvalue weighted by Crippen LogP contribution is -2.33. The number of amides is 1. The SMILES string of the molecule is C#CC(CC)NC(=O)c1sc2nccnc2c1N. The van der Waals surface area contributed by atoms with Gasteiger partial charge < -0.3 is 11.1 Å². The van der Waals surface area contributed by atoms with E-state index in [1.165, 1.54) is 11.3 Å². The Balaban J connectivity index is 2.34. The Morgan fingerprint density at radius 3 is 2.94 bits per heavy atom. The summed E-state index contributed by atoms with van der Waals surface area (Å²) in [4.78, 5) is 21.3. The Labute approximate surface area is 108 Å². The molecular formula is C12H12N4OS. The van der Waals surface area contributed by atoms with Gasteiger partial charge in [0.1, 0.15) is 15.2 Å². The van der Waals surface area contributed by atoms with Gasteiger partial charge in [-0.2, -0.15) is 0 Å². The number of thiophene rings is 1. The maximum Gasteiger partial charge on any atom is 0.264 e. The Hall–Kier alpha value is -2.13. The van der Waals surface area contributed by atoms with E-state index in [0.717, 1.165) is 0 Å². The smallest absolute Gasteiger partial charge is 0.264 e. The van der Waals surface area contributed by atoms with Crippen LogP contribution in [0.4, 0.5) is 5.69 Å². The van der Waals surface area contributed by atoms with Crippen molar-refractivity contribution in [2.75, 3.05) is 5.73 Å². The van der Waals surface area contributed by atoms with Crippen molar-refractivity contribution in [3.8, 4) is 12.3 Å². The van der Waals surface area contributed by atoms with Crippen molar-refractivity contribution in [2.45, 2.75) is 19.4 Å². The van der Waals surface area contributed by atoms with Crippen molar-refractivity contribution in [3.05, 3.63) is 17.3 Å². The molecule has 92 valence electrons. The van der Waals surface area contributed by atoms with E-state index in [2.05, 4.69) is 21.2 Å². The van der Waals surface area contributed by atoms with Crippen LogP contribution in [0.15, 0.2) is 12.4 Å². The topological polar surface area (TPSA) is 80.9 Å². The van der Waals surface area contributed by atoms with E-state index in [9.17, 15) is 4.79 Å². The van der Waals surface area contributed by atoms with Gasteiger partial charge in [0.05, 0.1) is 11.7 Å². The van der Waals surface area contributed by atoms with Gasteiger partial charge in [0.15, 0.2) is 0 Å². The van der Waals surface area contributed by atoms with Crippen LogP contribution >= 0.6 is 11.3 Å². The van der Waals surface area contributed by atoms with Crippen LogP contribution in [0.25, 0.3) is 10.3 Å². The van der Waals surface area contributed by atoms with Crippen molar-refractivity contribution in [1.82, 2.24) is 15.3 Å². The minimum Gasteiger partial charge on any atom is -0.396 e. The van der Waals surface area contributed by atoms with Crippen LogP contribution in [0.5, 0.6) is 0 Å². The number of anilines is 1. The number of nitrogens with zero attached hydrogens (tertiary/aromatic N) is 2. The average Bonchev–Trinajstić information content (AvgIpc) is 2.74. The predicted molar refractivity (Wildman–Crippen MR) is 72.2 cm³/mol. The minimum atomic E-state index is -0.289. The molecule has 6 heteroatoms. The molecule has 1 amide bonds. The number of nitrogen functional groups attached to an aromatic ring is 1. The lowest BCUT2D eigenvalue weighted by molar-refractivity contribution is 0.0950. The number of nitrogens with two attached hydrogens (primary N) is 1. The molecule has 0 bridgehead atoms. The summed E-state index contributed by atoms with van der Waals surface area (Å²) in [5.41, 5.74) is 6.80. The van der Waals surface area contributed by atoms with Crippen molar-refractivity contribution >= 4 is 33.3 Å². The highest BCUT2D eigenvalue weighted by Crippen LogP contribution is 2.30. The Morgan fingerprint density at radius 2 is 2.33 bits per heavy atom. The Morgan fingerprint density at radius 1 is 1.61 bits per heavy atom. The van der Waals surface area contributed by atoms with Gasteiger partial charge in [-0.1, -0.05) is 12.8 Å². The van der Waals surface area contributed by atoms with E-state index < -0.39 is 0 Å². The van der Waals surface area contributed by atoms with Gasteiger partial charge in [-0.15, -0.1) is 17.8 Å². The molecule has 3 N–H and O–H groups in total. The zero-order valence-electron chi connectivity index (χ0n) is 9.80. The molecule has 2 aromatic rings. The fourth-order valence-corrected chi connectivity index (χ4v) is 2.42. The first-order valence-electron chi connectivity index (χ1n) is 5.43. The molecule has 2 heterocycles. The maximum absolute atomic E-state index is 12.0. The molecule has 0 aromatic carbocycles. The number of fused-ring (bicyclic) bond motifs is 1. The predicted octanol–water partition coefficient (Wildman–Crippen LogP) is 1.42. The average molecular weight is 260 g/mol. The summed E-state index contributed by atoms with van der Waals surface area (Å²) in [6.45, 7) is 1.90. The number of rotatable bonds is 3. The second kappa shape index (κ2) is 5.02. The van der Waals surface area contributed by atoms with Crippen LogP contribution in [0.3, 0.4) is 0 Å². The highest BCUT2D eigenvalue weighted by Gasteiger charge is 2.19. The highest BCUT2D eigenvalue weighted by molar-refractivity contribution is 7.21. The lowest BCUT2D eigenvalue weighted by atomic mass is 10.2. The first-order chi connectivity index (χ1) is 8.67. The number of hydrogen-bond donors (Lipinski definition) is 2. The van der Waals surface area contributed by atoms with Crippen LogP contribution in [0, 0.1) is 12.3 Å². The molecule has 1 atom stereocenters. The third kappa shape index (κ3) is 2.13. The van der Waals surface area contributed by atoms with Crippen molar-refractivity contribution in [1.29, 1.82) is 0 Å². The molecule has 0 aliphatic rings. The fourth-order valence-electron chi connectivity index (χ4n) is 1.50. The number of terminal acetylenes is 1. The van der Waals surface area contributed by atoms with Crippen LogP contribution < -0.4 is 11.1 Å². The number of carbonyl (C=O) groups excluding carboxylic acids is 1. The molecule has 18 heavy (non-hydrogen) atoms. The number of aromatic nitrogens is 2. The molecule has 2 rings (SSSR count). The number of carbonyl (C=O) groups is 1. The van der Waals surface area contributed by atoms with Gasteiger partial charge >= 0.3 is 0 Å². The van der Waals surface area contributed by atoms with Crippen LogP contribution in [0.1, 0.15) is 23.0 Å². The van der Waals surface area contributed by atoms with E-state index in [-0.39, 0.29) is 11.9 Å². The first-order valence-corrected chi connectivity index (χ1v) is 6.25. The summed E-state index contributed by atoms with van der Waals surface area (Å²) < 4.78 is 0. The van der Waals surface area contributed by atoms with Gasteiger partial charge in [-0.05, 0) is 6.42 Å². The molecule has 1 unspecified atom stereocenters. The van der Waals surface area contributed by atoms with Crippen molar-refractivity contribution in [3.63, 3.8) is 0 Å². The first kappa shape index (κ1) is 12.3. The van der Waals surface area contributed by atoms with Gasteiger partial charge in [0.25, 0.3) is 5.91 Å². The van der Waals surface area contributed by atoms with Crippen LogP contribution in [0.2, 0.25) is 0 Å². The molecule has 5 nitrogen and oxygen atoms in total. The Bertz CT molecular complexity index is 629. The second-order valence-electron chi connectivity index (χ2n) is 3.66. The zero-order chi connectivity index (χ0) is 13.1. The summed E-state index contributed by atoms with van der Waals surface area (Å²) in [7, 11) is 0. The Kier molecular flexibility index (Phi) is 3.44. The quantitative estimate of drug-likeness (QED) is 0.818. The summed E-state index contributed by atoms with van der Waals surface area (Å²) in [6, 6.07) is -0.289. The van der Waals surface area contributed by atoms with Crippen molar-refractivity contribution < 1.29 is 4.79 Å². The summed E-state index contributed by atoms with van der Waals surface area (Å²) in [5, 5.41) is 2.73. The molecule has 2 aromatic heterocycles. The molecule has 0 fully saturated rings. The standard InChI is InChI=1S/C12H12N4OS/c1-3-7(4-2)16-11(17)10-8(13)9-12(18-10)15-6-5-14-9/h1,5-7H,4,13H2,2H3,(H,16,17). The summed E-state index contributed by atoms with van der Waals surface area (Å²) in [6.07, 6.45) is 9.09. The van der Waals surface area contributed by atoms with E-state index in [1.807, 2.05) is 6.92 Å². The molecule has 0 aliphatic heterocycles. The molecule has 0 radical (unpaired) electrons. The van der Waals surface area contributed by atoms with E-state index in [4.69, 9.17) is 12.2 Å². The largest absolute Gasteiger partial charge is 0.396 e. The molecule has 0 aliphatic carbocycles. The minimum absolute atomic E-state index is 0.276. The van der Waals surface area contributed by atoms with Gasteiger partial charge in [0.2, 0.25) is 0 Å². The molecule has 0 saturated carbocycles. The third-order valence-electron chi connectivity index (χ3n) is 2.48. The monoisotopic (exact) mass is 260 g/mol. The maximum atomic E-state index is 12.0. The van der Waals surface area contributed by atoms with Gasteiger partial charge in [0, 0.05) is 12.4 Å².